The maximum atomic E-state index is 12.2. The fourth-order valence-corrected chi connectivity index (χ4v) is 1.25. The van der Waals surface area contributed by atoms with Gasteiger partial charge in [-0.1, -0.05) is 23.2 Å². The fourth-order valence-electron chi connectivity index (χ4n) is 0.753. The van der Waals surface area contributed by atoms with Crippen LogP contribution < -0.4 is 10.5 Å². The maximum Gasteiger partial charge on any atom is 0.487 e. The van der Waals surface area contributed by atoms with Gasteiger partial charge in [-0.15, -0.1) is 8.78 Å². The van der Waals surface area contributed by atoms with Crippen LogP contribution in [0, 0.1) is 0 Å². The molecule has 0 saturated carbocycles. The first-order valence-corrected chi connectivity index (χ1v) is 4.44. The second-order valence-electron chi connectivity index (χ2n) is 2.32. The van der Waals surface area contributed by atoms with Gasteiger partial charge in [-0.2, -0.15) is 0 Å². The Morgan fingerprint density at radius 1 is 1.29 bits per heavy atom. The first-order chi connectivity index (χ1) is 6.31. The number of benzene rings is 1. The molecule has 2 nitrogen and oxygen atoms in total. The summed E-state index contributed by atoms with van der Waals surface area (Å²) >= 11 is 15.7. The number of anilines is 1. The van der Waals surface area contributed by atoms with E-state index in [1.807, 2.05) is 0 Å². The molecule has 14 heavy (non-hydrogen) atoms. The molecule has 0 aromatic heterocycles. The summed E-state index contributed by atoms with van der Waals surface area (Å²) in [5, 5.41) is -0.0435. The molecule has 0 spiro atoms. The van der Waals surface area contributed by atoms with E-state index in [2.05, 4.69) is 16.3 Å². The Morgan fingerprint density at radius 3 is 2.36 bits per heavy atom. The highest BCUT2D eigenvalue weighted by molar-refractivity contribution is 6.39. The van der Waals surface area contributed by atoms with E-state index in [9.17, 15) is 8.78 Å². The Bertz CT molecular complexity index is 354. The zero-order valence-corrected chi connectivity index (χ0v) is 8.80. The van der Waals surface area contributed by atoms with Crippen molar-refractivity contribution in [3.8, 4) is 5.75 Å². The molecule has 1 aromatic rings. The number of nitrogen functional groups attached to an aromatic ring is 1. The van der Waals surface area contributed by atoms with Gasteiger partial charge in [0.2, 0.25) is 0 Å². The van der Waals surface area contributed by atoms with Gasteiger partial charge < -0.3 is 10.5 Å². The van der Waals surface area contributed by atoms with Gasteiger partial charge in [-0.05, 0) is 12.1 Å². The van der Waals surface area contributed by atoms with Crippen LogP contribution in [0.5, 0.6) is 5.75 Å². The highest BCUT2D eigenvalue weighted by atomic mass is 35.5. The van der Waals surface area contributed by atoms with Crippen LogP contribution in [-0.2, 0) is 0 Å². The summed E-state index contributed by atoms with van der Waals surface area (Å²) in [6.45, 7) is 0. The first-order valence-electron chi connectivity index (χ1n) is 3.30. The fraction of sp³-hybridized carbons (Fsp3) is 0.143. The lowest BCUT2D eigenvalue weighted by Crippen LogP contribution is -2.16. The third-order valence-electron chi connectivity index (χ3n) is 1.32. The summed E-state index contributed by atoms with van der Waals surface area (Å²) in [6, 6.07) is 2.43. The minimum atomic E-state index is -3.83. The van der Waals surface area contributed by atoms with Gasteiger partial charge in [0.05, 0.1) is 10.7 Å². The van der Waals surface area contributed by atoms with Gasteiger partial charge >= 0.3 is 5.57 Å². The van der Waals surface area contributed by atoms with Gasteiger partial charge in [-0.25, -0.2) is 0 Å². The summed E-state index contributed by atoms with van der Waals surface area (Å²) in [5.74, 6) is -0.325. The topological polar surface area (TPSA) is 35.2 Å². The van der Waals surface area contributed by atoms with Crippen molar-refractivity contribution in [3.63, 3.8) is 0 Å². The van der Waals surface area contributed by atoms with Crippen molar-refractivity contribution in [1.29, 1.82) is 0 Å². The van der Waals surface area contributed by atoms with E-state index in [0.717, 1.165) is 6.07 Å². The predicted molar refractivity (Wildman–Crippen MR) is 52.3 cm³/mol. The lowest BCUT2D eigenvalue weighted by Gasteiger charge is -2.13. The second kappa shape index (κ2) is 3.96. The van der Waals surface area contributed by atoms with Crippen molar-refractivity contribution < 1.29 is 13.5 Å². The molecular weight excluding hydrogens is 258 g/mol. The van der Waals surface area contributed by atoms with E-state index in [4.69, 9.17) is 28.9 Å². The standard InChI is InChI=1S/C7H4Cl3F2NO/c8-3-1-2-4(5(9)6(3)13)14-7(10,11)12/h1-2H,13H2. The number of ether oxygens (including phenoxy) is 1. The molecule has 2 N–H and O–H groups in total. The molecule has 1 rings (SSSR count). The van der Waals surface area contributed by atoms with Crippen LogP contribution in [0.4, 0.5) is 14.5 Å². The van der Waals surface area contributed by atoms with Gasteiger partial charge in [0.1, 0.15) is 10.8 Å². The number of halogens is 5. The van der Waals surface area contributed by atoms with E-state index >= 15 is 0 Å². The lowest BCUT2D eigenvalue weighted by atomic mass is 10.3. The van der Waals surface area contributed by atoms with Crippen LogP contribution >= 0.6 is 34.8 Å². The number of hydrogen-bond donors (Lipinski definition) is 1. The highest BCUT2D eigenvalue weighted by Crippen LogP contribution is 2.38. The molecule has 0 heterocycles. The van der Waals surface area contributed by atoms with Gasteiger partial charge in [0, 0.05) is 11.6 Å². The zero-order valence-electron chi connectivity index (χ0n) is 6.53. The SMILES string of the molecule is Nc1c(Cl)ccc(OC(F)(F)Cl)c1Cl. The third kappa shape index (κ3) is 2.77. The molecule has 7 heteroatoms. The van der Waals surface area contributed by atoms with E-state index in [0.29, 0.717) is 0 Å². The van der Waals surface area contributed by atoms with Crippen molar-refractivity contribution in [2.45, 2.75) is 5.57 Å². The molecule has 0 atom stereocenters. The predicted octanol–water partition coefficient (Wildman–Crippen LogP) is 3.74. The molecule has 0 unspecified atom stereocenters. The van der Waals surface area contributed by atoms with E-state index in [-0.39, 0.29) is 21.5 Å². The zero-order chi connectivity index (χ0) is 10.9. The minimum Gasteiger partial charge on any atom is -0.418 e. The quantitative estimate of drug-likeness (QED) is 0.651. The Morgan fingerprint density at radius 2 is 1.86 bits per heavy atom. The molecule has 0 bridgehead atoms. The Kier molecular flexibility index (Phi) is 3.29. The van der Waals surface area contributed by atoms with E-state index < -0.39 is 5.57 Å². The van der Waals surface area contributed by atoms with Crippen LogP contribution in [0.1, 0.15) is 0 Å². The Labute approximate surface area is 93.5 Å². The van der Waals surface area contributed by atoms with Gasteiger partial charge in [-0.3, -0.25) is 0 Å². The van der Waals surface area contributed by atoms with Crippen LogP contribution in [0.25, 0.3) is 0 Å². The molecule has 0 fully saturated rings. The first kappa shape index (κ1) is 11.6. The van der Waals surface area contributed by atoms with Crippen molar-refractivity contribution in [2.24, 2.45) is 0 Å². The van der Waals surface area contributed by atoms with Gasteiger partial charge in [0.15, 0.2) is 0 Å². The maximum absolute atomic E-state index is 12.2. The van der Waals surface area contributed by atoms with Crippen LogP contribution in [0.2, 0.25) is 10.0 Å². The summed E-state index contributed by atoms with van der Waals surface area (Å²) in [5.41, 5.74) is 1.50. The average Bonchev–Trinajstić information content (AvgIpc) is 2.04. The summed E-state index contributed by atoms with van der Waals surface area (Å²) < 4.78 is 28.5. The van der Waals surface area contributed by atoms with Crippen LogP contribution in [0.15, 0.2) is 12.1 Å². The molecular formula is C7H4Cl3F2NO. The molecule has 0 aliphatic heterocycles. The lowest BCUT2D eigenvalue weighted by molar-refractivity contribution is -0.0963. The largest absolute Gasteiger partial charge is 0.487 e. The van der Waals surface area contributed by atoms with Gasteiger partial charge in [0.25, 0.3) is 0 Å². The van der Waals surface area contributed by atoms with E-state index in [1.54, 1.807) is 0 Å². The minimum absolute atomic E-state index is 0.0354. The molecule has 1 aromatic carbocycles. The Hall–Kier alpha value is -0.450. The normalized spacial score (nSPS) is 11.5. The smallest absolute Gasteiger partial charge is 0.418 e. The number of rotatable bonds is 2. The van der Waals surface area contributed by atoms with E-state index in [1.165, 1.54) is 6.07 Å². The molecule has 0 radical (unpaired) electrons. The summed E-state index contributed by atoms with van der Waals surface area (Å²) in [4.78, 5) is 0. The van der Waals surface area contributed by atoms with Crippen molar-refractivity contribution in [3.05, 3.63) is 22.2 Å². The van der Waals surface area contributed by atoms with Crippen molar-refractivity contribution in [2.75, 3.05) is 5.73 Å². The number of hydrogen-bond acceptors (Lipinski definition) is 2. The molecule has 0 amide bonds. The molecule has 0 aliphatic rings. The number of alkyl halides is 3. The molecule has 78 valence electrons. The average molecular weight is 262 g/mol. The van der Waals surface area contributed by atoms with Crippen molar-refractivity contribution >= 4 is 40.5 Å². The third-order valence-corrected chi connectivity index (χ3v) is 2.11. The summed E-state index contributed by atoms with van der Waals surface area (Å²) in [6.07, 6.45) is 0. The van der Waals surface area contributed by atoms with Crippen LogP contribution in [-0.4, -0.2) is 5.57 Å². The van der Waals surface area contributed by atoms with Crippen LogP contribution in [0.3, 0.4) is 0 Å². The second-order valence-corrected chi connectivity index (χ2v) is 3.55. The number of nitrogens with two attached hydrogens (primary N) is 1. The Balaban J connectivity index is 3.06. The van der Waals surface area contributed by atoms with Crippen molar-refractivity contribution in [1.82, 2.24) is 0 Å². The summed E-state index contributed by atoms with van der Waals surface area (Å²) in [7, 11) is 0. The molecule has 0 saturated heterocycles. The monoisotopic (exact) mass is 261 g/mol. The highest BCUT2D eigenvalue weighted by Gasteiger charge is 2.29. The molecule has 0 aliphatic carbocycles.